The second-order valence-corrected chi connectivity index (χ2v) is 6.23. The van der Waals surface area contributed by atoms with Crippen LogP contribution in [0.15, 0.2) is 48.6 Å². The van der Waals surface area contributed by atoms with Gasteiger partial charge in [-0.25, -0.2) is 4.68 Å². The molecule has 0 unspecified atom stereocenters. The number of fused-ring (bicyclic) bond motifs is 1. The van der Waals surface area contributed by atoms with Gasteiger partial charge in [0.05, 0.1) is 12.6 Å². The first kappa shape index (κ1) is 13.7. The Balaban J connectivity index is 1.71. The van der Waals surface area contributed by atoms with Gasteiger partial charge in [-0.3, -0.25) is 4.79 Å². The van der Waals surface area contributed by atoms with Crippen LogP contribution in [0.25, 0.3) is 16.6 Å². The summed E-state index contributed by atoms with van der Waals surface area (Å²) in [6, 6.07) is 11.8. The molecule has 1 amide bonds. The predicted octanol–water partition coefficient (Wildman–Crippen LogP) is 2.59. The van der Waals surface area contributed by atoms with Crippen LogP contribution in [0, 0.1) is 0 Å². The highest BCUT2D eigenvalue weighted by atomic mass is 16.1. The summed E-state index contributed by atoms with van der Waals surface area (Å²) in [5, 5.41) is 8.55. The number of amides is 1. The van der Waals surface area contributed by atoms with Crippen molar-refractivity contribution in [1.29, 1.82) is 0 Å². The molecule has 2 aromatic carbocycles. The monoisotopic (exact) mass is 321 g/mol. The van der Waals surface area contributed by atoms with Gasteiger partial charge in [0.25, 0.3) is 5.91 Å². The van der Waals surface area contributed by atoms with Gasteiger partial charge in [0, 0.05) is 18.1 Å². The number of carbonyl (C=O) groups is 1. The molecule has 1 fully saturated rings. The van der Waals surface area contributed by atoms with E-state index < -0.39 is 5.91 Å². The maximum Gasteiger partial charge on any atom is 0.250 e. The molecule has 3 N–H and O–H groups in total. The normalized spacial score (nSPS) is 18.5. The van der Waals surface area contributed by atoms with Gasteiger partial charge in [0.2, 0.25) is 0 Å². The van der Waals surface area contributed by atoms with E-state index >= 15 is 0 Å². The van der Waals surface area contributed by atoms with Crippen LogP contribution in [-0.2, 0) is 0 Å². The van der Waals surface area contributed by atoms with E-state index in [0.29, 0.717) is 28.4 Å². The average Bonchev–Trinajstić information content (AvgIpc) is 3.09. The number of carbonyl (C=O) groups excluding carboxylic acids is 1. The smallest absolute Gasteiger partial charge is 0.250 e. The highest BCUT2D eigenvalue weighted by molar-refractivity contribution is 6.04. The molecule has 1 aliphatic heterocycles. The lowest BCUT2D eigenvalue weighted by Crippen LogP contribution is -2.28. The summed E-state index contributed by atoms with van der Waals surface area (Å²) in [5.41, 5.74) is 8.47. The molecule has 5 nitrogen and oxygen atoms in total. The molecule has 0 radical (unpaired) electrons. The van der Waals surface area contributed by atoms with E-state index in [4.69, 9.17) is 7.10 Å². The van der Waals surface area contributed by atoms with E-state index in [1.165, 1.54) is 18.4 Å². The number of nitrogens with two attached hydrogens (primary N) is 1. The van der Waals surface area contributed by atoms with Gasteiger partial charge < -0.3 is 11.1 Å². The van der Waals surface area contributed by atoms with E-state index in [1.54, 1.807) is 23.0 Å². The third kappa shape index (κ3) is 2.67. The fraction of sp³-hybridized carbons (Fsp3) is 0.263. The third-order valence-corrected chi connectivity index (χ3v) is 4.65. The van der Waals surface area contributed by atoms with Crippen LogP contribution >= 0.6 is 0 Å². The van der Waals surface area contributed by atoms with Gasteiger partial charge in [0.15, 0.2) is 0 Å². The maximum atomic E-state index is 11.6. The van der Waals surface area contributed by atoms with Crippen LogP contribution in [0.5, 0.6) is 0 Å². The van der Waals surface area contributed by atoms with Crippen LogP contribution in [-0.4, -0.2) is 28.8 Å². The summed E-state index contributed by atoms with van der Waals surface area (Å²) >= 11 is 0. The molecule has 0 aliphatic carbocycles. The minimum atomic E-state index is -0.532. The minimum Gasteiger partial charge on any atom is -0.366 e. The highest BCUT2D eigenvalue weighted by Gasteiger charge is 2.15. The molecule has 5 heteroatoms. The quantitative estimate of drug-likeness (QED) is 0.779. The lowest BCUT2D eigenvalue weighted by molar-refractivity contribution is 0.100. The van der Waals surface area contributed by atoms with E-state index in [-0.39, 0.29) is 0 Å². The van der Waals surface area contributed by atoms with Crippen molar-refractivity contribution >= 4 is 16.8 Å². The molecule has 122 valence electrons. The summed E-state index contributed by atoms with van der Waals surface area (Å²) in [6.45, 7) is 2.13. The zero-order chi connectivity index (χ0) is 17.4. The topological polar surface area (TPSA) is 72.9 Å². The molecule has 4 rings (SSSR count). The lowest BCUT2D eigenvalue weighted by Gasteiger charge is -2.23. The molecule has 24 heavy (non-hydrogen) atoms. The number of hydrogen-bond donors (Lipinski definition) is 2. The van der Waals surface area contributed by atoms with Gasteiger partial charge in [0.1, 0.15) is 5.52 Å². The second-order valence-electron chi connectivity index (χ2n) is 6.23. The van der Waals surface area contributed by atoms with Crippen LogP contribution in [0.1, 0.15) is 36.1 Å². The first-order valence-corrected chi connectivity index (χ1v) is 8.23. The van der Waals surface area contributed by atoms with E-state index in [9.17, 15) is 4.79 Å². The van der Waals surface area contributed by atoms with Crippen molar-refractivity contribution in [3.8, 4) is 5.69 Å². The largest absolute Gasteiger partial charge is 0.366 e. The zero-order valence-electron chi connectivity index (χ0n) is 14.3. The van der Waals surface area contributed by atoms with Crippen molar-refractivity contribution in [3.05, 3.63) is 59.8 Å². The number of benzene rings is 2. The van der Waals surface area contributed by atoms with E-state index in [0.717, 1.165) is 18.8 Å². The second kappa shape index (κ2) is 6.09. The van der Waals surface area contributed by atoms with E-state index in [2.05, 4.69) is 22.5 Å². The summed E-state index contributed by atoms with van der Waals surface area (Å²) < 4.78 is 9.74. The van der Waals surface area contributed by atoms with Gasteiger partial charge >= 0.3 is 0 Å². The van der Waals surface area contributed by atoms with Gasteiger partial charge in [-0.1, -0.05) is 24.2 Å². The summed E-state index contributed by atoms with van der Waals surface area (Å²) in [6.07, 6.45) is 4.20. The van der Waals surface area contributed by atoms with Crippen molar-refractivity contribution in [1.82, 2.24) is 15.1 Å². The van der Waals surface area contributed by atoms with Gasteiger partial charge in [-0.05, 0) is 49.1 Å². The van der Waals surface area contributed by atoms with Crippen molar-refractivity contribution in [2.45, 2.75) is 18.8 Å². The van der Waals surface area contributed by atoms with Crippen molar-refractivity contribution in [2.75, 3.05) is 13.1 Å². The summed E-state index contributed by atoms with van der Waals surface area (Å²) in [4.78, 5) is 11.6. The summed E-state index contributed by atoms with van der Waals surface area (Å²) in [5.74, 6) is 0.0243. The number of rotatable bonds is 3. The fourth-order valence-electron chi connectivity index (χ4n) is 3.34. The SMILES string of the molecule is [2H]c1ccc(C(N)=O)c2nn(-c3ccc([C@H]4CCCNC4)cc3)cc12. The van der Waals surface area contributed by atoms with Crippen molar-refractivity contribution < 1.29 is 6.17 Å². The van der Waals surface area contributed by atoms with Crippen molar-refractivity contribution in [3.63, 3.8) is 0 Å². The Bertz CT molecular complexity index is 926. The molecule has 0 spiro atoms. The summed E-state index contributed by atoms with van der Waals surface area (Å²) in [7, 11) is 0. The standard InChI is InChI=1S/C19H20N4O/c20-19(24)17-5-1-3-15-12-23(22-18(15)17)16-8-6-13(7-9-16)14-4-2-10-21-11-14/h1,3,5-9,12,14,21H,2,4,10-11H2,(H2,20,24)/t14-/m0/s1/i3D. The highest BCUT2D eigenvalue weighted by Crippen LogP contribution is 2.25. The molecule has 1 saturated heterocycles. The fourth-order valence-corrected chi connectivity index (χ4v) is 3.34. The molecule has 1 atom stereocenters. The Morgan fingerprint density at radius 3 is 2.88 bits per heavy atom. The number of nitrogens with one attached hydrogen (secondary N) is 1. The number of primary amides is 1. The number of hydrogen-bond acceptors (Lipinski definition) is 3. The predicted molar refractivity (Wildman–Crippen MR) is 94.4 cm³/mol. The molecule has 0 bridgehead atoms. The van der Waals surface area contributed by atoms with Crippen LogP contribution in [0.3, 0.4) is 0 Å². The van der Waals surface area contributed by atoms with Crippen LogP contribution in [0.2, 0.25) is 0 Å². The molecular weight excluding hydrogens is 300 g/mol. The Hall–Kier alpha value is -2.66. The third-order valence-electron chi connectivity index (χ3n) is 4.65. The Morgan fingerprint density at radius 1 is 1.33 bits per heavy atom. The van der Waals surface area contributed by atoms with E-state index in [1.807, 2.05) is 12.1 Å². The Kier molecular flexibility index (Phi) is 3.49. The van der Waals surface area contributed by atoms with Gasteiger partial charge in [-0.15, -0.1) is 0 Å². The lowest BCUT2D eigenvalue weighted by atomic mass is 9.92. The van der Waals surface area contributed by atoms with Crippen LogP contribution in [0.4, 0.5) is 0 Å². The Morgan fingerprint density at radius 2 is 2.17 bits per heavy atom. The molecule has 2 heterocycles. The Labute approximate surface area is 141 Å². The first-order chi connectivity index (χ1) is 12.1. The molecule has 1 aliphatic rings. The zero-order valence-corrected chi connectivity index (χ0v) is 13.3. The molecule has 1 aromatic heterocycles. The number of piperidine rings is 1. The maximum absolute atomic E-state index is 11.6. The van der Waals surface area contributed by atoms with Crippen LogP contribution < -0.4 is 11.1 Å². The molecule has 3 aromatic rings. The number of aromatic nitrogens is 2. The number of nitrogens with zero attached hydrogens (tertiary/aromatic N) is 2. The average molecular weight is 321 g/mol. The molecule has 0 saturated carbocycles. The minimum absolute atomic E-state index is 0.330. The first-order valence-electron chi connectivity index (χ1n) is 8.73. The van der Waals surface area contributed by atoms with Crippen molar-refractivity contribution in [2.24, 2.45) is 5.73 Å². The molecular formula is C19H20N4O. The van der Waals surface area contributed by atoms with Gasteiger partial charge in [-0.2, -0.15) is 5.10 Å².